The average molecular weight is 509 g/mol. The summed E-state index contributed by atoms with van der Waals surface area (Å²) in [6.45, 7) is 0.989. The van der Waals surface area contributed by atoms with Crippen molar-refractivity contribution in [3.8, 4) is 11.5 Å². The van der Waals surface area contributed by atoms with Crippen LogP contribution in [0.25, 0.3) is 0 Å². The van der Waals surface area contributed by atoms with E-state index in [2.05, 4.69) is 5.32 Å². The number of nitrogens with zero attached hydrogens (tertiary/aromatic N) is 1. The van der Waals surface area contributed by atoms with Gasteiger partial charge in [0.2, 0.25) is 5.91 Å². The quantitative estimate of drug-likeness (QED) is 0.470. The van der Waals surface area contributed by atoms with E-state index in [0.29, 0.717) is 21.9 Å². The molecule has 3 aromatic carbocycles. The smallest absolute Gasteiger partial charge is 0.416 e. The van der Waals surface area contributed by atoms with Gasteiger partial charge in [0.25, 0.3) is 10.0 Å². The van der Waals surface area contributed by atoms with Gasteiger partial charge in [0, 0.05) is 11.8 Å². The second kappa shape index (κ2) is 10.3. The number of hydrogen-bond donors (Lipinski definition) is 1. The monoisotopic (exact) mass is 508 g/mol. The highest BCUT2D eigenvalue weighted by atomic mass is 32.2. The zero-order valence-electron chi connectivity index (χ0n) is 19.1. The zero-order valence-corrected chi connectivity index (χ0v) is 19.9. The van der Waals surface area contributed by atoms with Crippen molar-refractivity contribution in [2.75, 3.05) is 30.4 Å². The van der Waals surface area contributed by atoms with Crippen LogP contribution in [0, 0.1) is 6.92 Å². The van der Waals surface area contributed by atoms with Crippen LogP contribution in [-0.2, 0) is 21.0 Å². The molecule has 0 saturated carbocycles. The van der Waals surface area contributed by atoms with Gasteiger partial charge in [-0.15, -0.1) is 0 Å². The van der Waals surface area contributed by atoms with Gasteiger partial charge in [0.15, 0.2) is 11.5 Å². The number of rotatable bonds is 8. The zero-order chi connectivity index (χ0) is 25.8. The molecular formula is C24H23F3N2O5S. The summed E-state index contributed by atoms with van der Waals surface area (Å²) >= 11 is 0. The van der Waals surface area contributed by atoms with Crippen LogP contribution in [0.2, 0.25) is 0 Å². The van der Waals surface area contributed by atoms with Gasteiger partial charge < -0.3 is 14.8 Å². The Morgan fingerprint density at radius 1 is 0.943 bits per heavy atom. The van der Waals surface area contributed by atoms with E-state index in [1.165, 1.54) is 44.6 Å². The first-order valence-electron chi connectivity index (χ1n) is 10.2. The van der Waals surface area contributed by atoms with Crippen molar-refractivity contribution in [1.82, 2.24) is 0 Å². The van der Waals surface area contributed by atoms with Crippen LogP contribution in [-0.4, -0.2) is 35.1 Å². The number of hydrogen-bond acceptors (Lipinski definition) is 5. The van der Waals surface area contributed by atoms with Crippen LogP contribution in [0.3, 0.4) is 0 Å². The maximum absolute atomic E-state index is 13.4. The van der Waals surface area contributed by atoms with Crippen molar-refractivity contribution in [3.63, 3.8) is 0 Å². The number of methoxy groups -OCH3 is 2. The SMILES string of the molecule is COc1ccc(NC(=O)CN(c2cccc(C(F)(F)F)c2)S(=O)(=O)c2ccc(C)cc2)cc1OC. The van der Waals surface area contributed by atoms with E-state index in [-0.39, 0.29) is 16.3 Å². The predicted octanol–water partition coefficient (Wildman–Crippen LogP) is 4.87. The Balaban J connectivity index is 1.99. The Kier molecular flexibility index (Phi) is 7.59. The number of ether oxygens (including phenoxy) is 2. The molecule has 0 atom stereocenters. The van der Waals surface area contributed by atoms with Crippen molar-refractivity contribution in [2.45, 2.75) is 18.0 Å². The highest BCUT2D eigenvalue weighted by Gasteiger charge is 2.33. The number of sulfonamides is 1. The fourth-order valence-corrected chi connectivity index (χ4v) is 4.65. The molecule has 1 N–H and O–H groups in total. The van der Waals surface area contributed by atoms with Crippen LogP contribution in [0.5, 0.6) is 11.5 Å². The minimum Gasteiger partial charge on any atom is -0.493 e. The highest BCUT2D eigenvalue weighted by molar-refractivity contribution is 7.92. The lowest BCUT2D eigenvalue weighted by Crippen LogP contribution is -2.38. The molecular weight excluding hydrogens is 485 g/mol. The summed E-state index contributed by atoms with van der Waals surface area (Å²) in [6, 6.07) is 14.1. The number of carbonyl (C=O) groups is 1. The Bertz CT molecular complexity index is 1310. The van der Waals surface area contributed by atoms with Gasteiger partial charge in [-0.1, -0.05) is 23.8 Å². The van der Waals surface area contributed by atoms with Gasteiger partial charge in [-0.3, -0.25) is 9.10 Å². The number of amides is 1. The molecule has 0 aliphatic carbocycles. The minimum atomic E-state index is -4.70. The number of aryl methyl sites for hydroxylation is 1. The molecule has 0 aliphatic heterocycles. The molecule has 0 saturated heterocycles. The Morgan fingerprint density at radius 3 is 2.20 bits per heavy atom. The molecule has 3 rings (SSSR count). The van der Waals surface area contributed by atoms with Gasteiger partial charge in [0.05, 0.1) is 30.4 Å². The Labute approximate surface area is 201 Å². The molecule has 7 nitrogen and oxygen atoms in total. The van der Waals surface area contributed by atoms with E-state index in [1.54, 1.807) is 25.1 Å². The second-order valence-corrected chi connectivity index (χ2v) is 9.35. The standard InChI is InChI=1S/C24H23F3N2O5S/c1-16-7-10-20(11-8-16)35(31,32)29(19-6-4-5-17(13-19)24(25,26)27)15-23(30)28-18-9-12-21(33-2)22(14-18)34-3/h4-14H,15H2,1-3H3,(H,28,30). The number of nitrogens with one attached hydrogen (secondary N) is 1. The first-order chi connectivity index (χ1) is 16.5. The van der Waals surface area contributed by atoms with Crippen LogP contribution >= 0.6 is 0 Å². The van der Waals surface area contributed by atoms with Gasteiger partial charge in [-0.2, -0.15) is 13.2 Å². The van der Waals surface area contributed by atoms with Crippen molar-refractivity contribution in [3.05, 3.63) is 77.9 Å². The minimum absolute atomic E-state index is 0.167. The molecule has 0 bridgehead atoms. The van der Waals surface area contributed by atoms with E-state index in [9.17, 15) is 26.4 Å². The number of anilines is 2. The van der Waals surface area contributed by atoms with Crippen LogP contribution < -0.4 is 19.1 Å². The number of halogens is 3. The molecule has 0 fully saturated rings. The lowest BCUT2D eigenvalue weighted by atomic mass is 10.2. The fourth-order valence-electron chi connectivity index (χ4n) is 3.23. The third-order valence-corrected chi connectivity index (χ3v) is 6.81. The molecule has 0 radical (unpaired) electrons. The second-order valence-electron chi connectivity index (χ2n) is 7.49. The van der Waals surface area contributed by atoms with Gasteiger partial charge in [-0.05, 0) is 49.4 Å². The lowest BCUT2D eigenvalue weighted by Gasteiger charge is -2.25. The third-order valence-electron chi connectivity index (χ3n) is 5.02. The molecule has 0 heterocycles. The number of benzene rings is 3. The molecule has 0 aliphatic rings. The summed E-state index contributed by atoms with van der Waals surface area (Å²) in [5.74, 6) is -0.0318. The van der Waals surface area contributed by atoms with E-state index < -0.39 is 34.2 Å². The van der Waals surface area contributed by atoms with E-state index in [0.717, 1.165) is 17.7 Å². The summed E-state index contributed by atoms with van der Waals surface area (Å²) < 4.78 is 77.7. The van der Waals surface area contributed by atoms with Gasteiger partial charge in [-0.25, -0.2) is 8.42 Å². The molecule has 0 unspecified atom stereocenters. The Hall–Kier alpha value is -3.73. The summed E-state index contributed by atoms with van der Waals surface area (Å²) in [6.07, 6.45) is -4.70. The maximum Gasteiger partial charge on any atom is 0.416 e. The molecule has 3 aromatic rings. The van der Waals surface area contributed by atoms with Crippen LogP contribution in [0.15, 0.2) is 71.6 Å². The maximum atomic E-state index is 13.4. The highest BCUT2D eigenvalue weighted by Crippen LogP contribution is 2.34. The normalized spacial score (nSPS) is 11.6. The molecule has 11 heteroatoms. The summed E-state index contributed by atoms with van der Waals surface area (Å²) in [4.78, 5) is 12.7. The van der Waals surface area contributed by atoms with Gasteiger partial charge >= 0.3 is 6.18 Å². The lowest BCUT2D eigenvalue weighted by molar-refractivity contribution is -0.137. The van der Waals surface area contributed by atoms with Crippen molar-refractivity contribution in [1.29, 1.82) is 0 Å². The largest absolute Gasteiger partial charge is 0.493 e. The number of alkyl halides is 3. The van der Waals surface area contributed by atoms with E-state index in [1.807, 2.05) is 0 Å². The summed E-state index contributed by atoms with van der Waals surface area (Å²) in [7, 11) is -1.53. The number of carbonyl (C=O) groups excluding carboxylic acids is 1. The molecule has 35 heavy (non-hydrogen) atoms. The predicted molar refractivity (Wildman–Crippen MR) is 125 cm³/mol. The van der Waals surface area contributed by atoms with E-state index >= 15 is 0 Å². The van der Waals surface area contributed by atoms with Crippen LogP contribution in [0.1, 0.15) is 11.1 Å². The fraction of sp³-hybridized carbons (Fsp3) is 0.208. The van der Waals surface area contributed by atoms with Crippen LogP contribution in [0.4, 0.5) is 24.5 Å². The van der Waals surface area contributed by atoms with E-state index in [4.69, 9.17) is 9.47 Å². The molecule has 186 valence electrons. The van der Waals surface area contributed by atoms with Gasteiger partial charge in [0.1, 0.15) is 6.54 Å². The molecule has 0 aromatic heterocycles. The first kappa shape index (κ1) is 25.9. The summed E-state index contributed by atoms with van der Waals surface area (Å²) in [5.41, 5.74) is -0.271. The molecule has 0 spiro atoms. The Morgan fingerprint density at radius 2 is 1.60 bits per heavy atom. The average Bonchev–Trinajstić information content (AvgIpc) is 2.82. The summed E-state index contributed by atoms with van der Waals surface area (Å²) in [5, 5.41) is 2.54. The van der Waals surface area contributed by atoms with Crippen molar-refractivity contribution < 1.29 is 35.9 Å². The molecule has 1 amide bonds. The first-order valence-corrected chi connectivity index (χ1v) is 11.7. The van der Waals surface area contributed by atoms with Crippen molar-refractivity contribution >= 4 is 27.3 Å². The van der Waals surface area contributed by atoms with Crippen molar-refractivity contribution in [2.24, 2.45) is 0 Å². The topological polar surface area (TPSA) is 84.9 Å². The third kappa shape index (κ3) is 6.04.